The summed E-state index contributed by atoms with van der Waals surface area (Å²) in [5.74, 6) is 1.13. The first-order valence-corrected chi connectivity index (χ1v) is 10.0. The van der Waals surface area contributed by atoms with Crippen molar-refractivity contribution in [2.24, 2.45) is 0 Å². The number of hydrogen-bond donors (Lipinski definition) is 0. The molecule has 1 heterocycles. The maximum absolute atomic E-state index is 12.2. The van der Waals surface area contributed by atoms with Crippen molar-refractivity contribution < 1.29 is 23.7 Å². The fourth-order valence-corrected chi connectivity index (χ4v) is 3.80. The first-order valence-electron chi connectivity index (χ1n) is 9.28. The summed E-state index contributed by atoms with van der Waals surface area (Å²) in [7, 11) is 4.64. The van der Waals surface area contributed by atoms with Crippen LogP contribution >= 0.6 is 23.2 Å². The van der Waals surface area contributed by atoms with Gasteiger partial charge in [-0.2, -0.15) is 0 Å². The Bertz CT molecular complexity index is 1040. The van der Waals surface area contributed by atoms with Crippen LogP contribution in [-0.4, -0.2) is 32.6 Å². The van der Waals surface area contributed by atoms with Gasteiger partial charge in [0.2, 0.25) is 5.75 Å². The zero-order valence-corrected chi connectivity index (χ0v) is 18.7. The van der Waals surface area contributed by atoms with Crippen LogP contribution in [0.3, 0.4) is 0 Å². The molecular formula is C23H21Cl2NO5. The molecule has 0 aliphatic rings. The van der Waals surface area contributed by atoms with E-state index in [4.69, 9.17) is 42.1 Å². The summed E-state index contributed by atoms with van der Waals surface area (Å²) >= 11 is 12.6. The second-order valence-corrected chi connectivity index (χ2v) is 7.30. The normalized spacial score (nSPS) is 11.5. The lowest BCUT2D eigenvalue weighted by molar-refractivity contribution is -0.108. The number of nitrogens with zero attached hydrogens (tertiary/aromatic N) is 1. The van der Waals surface area contributed by atoms with E-state index in [2.05, 4.69) is 4.98 Å². The predicted octanol–water partition coefficient (Wildman–Crippen LogP) is 5.32. The summed E-state index contributed by atoms with van der Waals surface area (Å²) in [6, 6.07) is 10.9. The van der Waals surface area contributed by atoms with Crippen molar-refractivity contribution in [1.29, 1.82) is 0 Å². The lowest BCUT2D eigenvalue weighted by Gasteiger charge is -2.22. The van der Waals surface area contributed by atoms with E-state index in [1.807, 2.05) is 24.3 Å². The van der Waals surface area contributed by atoms with Crippen LogP contribution in [0.2, 0.25) is 10.0 Å². The first kappa shape index (κ1) is 22.7. The van der Waals surface area contributed by atoms with E-state index in [1.165, 1.54) is 26.6 Å². The molecule has 162 valence electrons. The fraction of sp³-hybridized carbons (Fsp3) is 0.217. The smallest absolute Gasteiger partial charge is 0.203 e. The summed E-state index contributed by atoms with van der Waals surface area (Å²) in [5, 5.41) is 0.556. The highest BCUT2D eigenvalue weighted by Gasteiger charge is 2.27. The molecule has 1 aromatic heterocycles. The minimum absolute atomic E-state index is 0.226. The third kappa shape index (κ3) is 4.86. The minimum atomic E-state index is -0.798. The molecule has 2 aromatic carbocycles. The van der Waals surface area contributed by atoms with Gasteiger partial charge < -0.3 is 23.7 Å². The van der Waals surface area contributed by atoms with Crippen LogP contribution < -0.4 is 18.9 Å². The molecule has 3 aromatic rings. The molecule has 0 aliphatic carbocycles. The minimum Gasteiger partial charge on any atom is -0.497 e. The number of pyridine rings is 1. The number of rotatable bonds is 9. The van der Waals surface area contributed by atoms with E-state index in [1.54, 1.807) is 19.2 Å². The lowest BCUT2D eigenvalue weighted by Crippen LogP contribution is -2.09. The van der Waals surface area contributed by atoms with Crippen molar-refractivity contribution in [2.45, 2.75) is 12.5 Å². The van der Waals surface area contributed by atoms with E-state index >= 15 is 0 Å². The molecular weight excluding hydrogens is 441 g/mol. The van der Waals surface area contributed by atoms with Gasteiger partial charge in [0.05, 0.1) is 37.3 Å². The van der Waals surface area contributed by atoms with Gasteiger partial charge in [0.15, 0.2) is 11.5 Å². The Kier molecular flexibility index (Phi) is 7.60. The van der Waals surface area contributed by atoms with Crippen molar-refractivity contribution in [3.05, 3.63) is 75.5 Å². The summed E-state index contributed by atoms with van der Waals surface area (Å²) < 4.78 is 22.3. The van der Waals surface area contributed by atoms with Gasteiger partial charge in [-0.1, -0.05) is 41.4 Å². The zero-order chi connectivity index (χ0) is 22.4. The number of aldehydes is 1. The quantitative estimate of drug-likeness (QED) is 0.401. The number of carbonyl (C=O) groups excluding carboxylic acids is 1. The Hall–Kier alpha value is -2.96. The Labute approximate surface area is 190 Å². The van der Waals surface area contributed by atoms with Gasteiger partial charge in [-0.05, 0) is 23.8 Å². The predicted molar refractivity (Wildman–Crippen MR) is 119 cm³/mol. The van der Waals surface area contributed by atoms with Gasteiger partial charge in [-0.15, -0.1) is 0 Å². The molecule has 1 unspecified atom stereocenters. The van der Waals surface area contributed by atoms with E-state index in [0.29, 0.717) is 28.4 Å². The number of methoxy groups -OCH3 is 3. The van der Waals surface area contributed by atoms with Crippen LogP contribution in [-0.2, 0) is 11.4 Å². The van der Waals surface area contributed by atoms with Crippen LogP contribution in [0.25, 0.3) is 0 Å². The molecule has 0 radical (unpaired) electrons. The maximum Gasteiger partial charge on any atom is 0.203 e. The molecule has 0 N–H and O–H groups in total. The van der Waals surface area contributed by atoms with E-state index in [0.717, 1.165) is 17.6 Å². The molecule has 8 heteroatoms. The lowest BCUT2D eigenvalue weighted by atomic mass is 9.92. The molecule has 0 fully saturated rings. The van der Waals surface area contributed by atoms with Crippen molar-refractivity contribution in [3.8, 4) is 23.0 Å². The number of aromatic nitrogens is 1. The van der Waals surface area contributed by atoms with Crippen molar-refractivity contribution in [3.63, 3.8) is 0 Å². The number of ether oxygens (including phenoxy) is 4. The highest BCUT2D eigenvalue weighted by atomic mass is 35.5. The van der Waals surface area contributed by atoms with Crippen LogP contribution in [0.1, 0.15) is 22.6 Å². The van der Waals surface area contributed by atoms with E-state index < -0.39 is 5.92 Å². The first-order chi connectivity index (χ1) is 15.0. The van der Waals surface area contributed by atoms with Gasteiger partial charge in [-0.25, -0.2) is 0 Å². The molecule has 1 atom stereocenters. The maximum atomic E-state index is 12.2. The molecule has 0 bridgehead atoms. The third-order valence-corrected chi connectivity index (χ3v) is 5.35. The van der Waals surface area contributed by atoms with Crippen molar-refractivity contribution in [1.82, 2.24) is 4.98 Å². The second kappa shape index (κ2) is 10.4. The van der Waals surface area contributed by atoms with Gasteiger partial charge in [0.1, 0.15) is 18.6 Å². The molecule has 0 aliphatic heterocycles. The average Bonchev–Trinajstić information content (AvgIpc) is 2.80. The third-order valence-electron chi connectivity index (χ3n) is 4.75. The van der Waals surface area contributed by atoms with Crippen molar-refractivity contribution >= 4 is 29.5 Å². The van der Waals surface area contributed by atoms with Gasteiger partial charge in [0.25, 0.3) is 0 Å². The van der Waals surface area contributed by atoms with Crippen LogP contribution in [0, 0.1) is 0 Å². The molecule has 0 saturated heterocycles. The molecule has 31 heavy (non-hydrogen) atoms. The summed E-state index contributed by atoms with van der Waals surface area (Å²) in [5.41, 5.74) is 1.88. The molecule has 6 nitrogen and oxygen atoms in total. The Morgan fingerprint density at radius 3 is 2.13 bits per heavy atom. The van der Waals surface area contributed by atoms with Gasteiger partial charge in [-0.3, -0.25) is 4.98 Å². The largest absolute Gasteiger partial charge is 0.497 e. The average molecular weight is 462 g/mol. The Morgan fingerprint density at radius 1 is 0.903 bits per heavy atom. The van der Waals surface area contributed by atoms with Gasteiger partial charge >= 0.3 is 0 Å². The topological polar surface area (TPSA) is 66.9 Å². The monoisotopic (exact) mass is 461 g/mol. The summed E-state index contributed by atoms with van der Waals surface area (Å²) in [6.07, 6.45) is 3.64. The fourth-order valence-electron chi connectivity index (χ4n) is 3.20. The highest BCUT2D eigenvalue weighted by Crippen LogP contribution is 2.46. The van der Waals surface area contributed by atoms with Crippen molar-refractivity contribution in [2.75, 3.05) is 21.3 Å². The molecule has 0 saturated carbocycles. The highest BCUT2D eigenvalue weighted by molar-refractivity contribution is 6.36. The van der Waals surface area contributed by atoms with Crippen LogP contribution in [0.15, 0.2) is 48.8 Å². The van der Waals surface area contributed by atoms with Crippen LogP contribution in [0.4, 0.5) is 0 Å². The Balaban J connectivity index is 2.07. The van der Waals surface area contributed by atoms with Gasteiger partial charge in [0, 0.05) is 23.5 Å². The van der Waals surface area contributed by atoms with E-state index in [9.17, 15) is 4.79 Å². The Morgan fingerprint density at radius 2 is 1.58 bits per heavy atom. The molecule has 3 rings (SSSR count). The molecule has 0 amide bonds. The zero-order valence-electron chi connectivity index (χ0n) is 17.2. The second-order valence-electron chi connectivity index (χ2n) is 6.49. The SMILES string of the molecule is COc1ccc(COc2c(C(C=O)c3c(Cl)cncc3Cl)ccc(OC)c2OC)cc1. The molecule has 0 spiro atoms. The summed E-state index contributed by atoms with van der Waals surface area (Å²) in [6.45, 7) is 0.226. The van der Waals surface area contributed by atoms with Crippen LogP contribution in [0.5, 0.6) is 23.0 Å². The number of carbonyl (C=O) groups is 1. The van der Waals surface area contributed by atoms with E-state index in [-0.39, 0.29) is 16.7 Å². The number of halogens is 2. The number of benzene rings is 2. The number of hydrogen-bond acceptors (Lipinski definition) is 6. The summed E-state index contributed by atoms with van der Waals surface area (Å²) in [4.78, 5) is 16.1. The standard InChI is InChI=1S/C23H21Cl2NO5/c1-28-15-6-4-14(5-7-15)13-31-22-16(8-9-20(29-2)23(22)30-3)17(12-27)21-18(24)10-26-11-19(21)25/h4-12,17H,13H2,1-3H3.